The van der Waals surface area contributed by atoms with Gasteiger partial charge in [-0.1, -0.05) is 0 Å². The summed E-state index contributed by atoms with van der Waals surface area (Å²) in [6, 6.07) is 0. The van der Waals surface area contributed by atoms with Gasteiger partial charge in [-0.25, -0.2) is 0 Å². The van der Waals surface area contributed by atoms with Crippen LogP contribution in [-0.2, 0) is 7.05 Å². The van der Waals surface area contributed by atoms with Crippen LogP contribution in [0.1, 0.15) is 31.7 Å². The average Bonchev–Trinajstić information content (AvgIpc) is 3.08. The summed E-state index contributed by atoms with van der Waals surface area (Å²) in [6.45, 7) is 7.50. The number of aliphatic imine (C=N–C) groups is 1. The smallest absolute Gasteiger partial charge is 0.193 e. The lowest BCUT2D eigenvalue weighted by Gasteiger charge is -2.27. The van der Waals surface area contributed by atoms with Gasteiger partial charge in [-0.05, 0) is 32.1 Å². The predicted molar refractivity (Wildman–Crippen MR) is 91.1 cm³/mol. The minimum atomic E-state index is 0.221. The number of likely N-dealkylation sites (tertiary alicyclic amines) is 1. The molecule has 1 fully saturated rings. The highest BCUT2D eigenvalue weighted by molar-refractivity contribution is 7.99. The molecule has 0 spiro atoms. The summed E-state index contributed by atoms with van der Waals surface area (Å²) < 4.78 is 2.10. The molecule has 1 N–H and O–H groups in total. The number of guanidine groups is 1. The Labute approximate surface area is 132 Å². The van der Waals surface area contributed by atoms with Crippen LogP contribution in [0.4, 0.5) is 0 Å². The van der Waals surface area contributed by atoms with Crippen molar-refractivity contribution in [2.45, 2.75) is 30.9 Å². The van der Waals surface area contributed by atoms with Crippen molar-refractivity contribution in [3.63, 3.8) is 0 Å². The molecule has 1 aromatic rings. The number of hydrogen-bond donors (Lipinski definition) is 1. The van der Waals surface area contributed by atoms with E-state index in [1.807, 2.05) is 36.7 Å². The molecule has 1 saturated heterocycles. The fraction of sp³-hybridized carbons (Fsp3) is 0.733. The van der Waals surface area contributed by atoms with Gasteiger partial charge in [-0.2, -0.15) is 16.9 Å². The Bertz CT molecular complexity index is 494. The van der Waals surface area contributed by atoms with Crippen molar-refractivity contribution in [2.75, 3.05) is 32.9 Å². The zero-order chi connectivity index (χ0) is 15.5. The first-order valence-electron chi connectivity index (χ1n) is 7.44. The van der Waals surface area contributed by atoms with E-state index < -0.39 is 0 Å². The molecule has 2 rings (SSSR count). The maximum atomic E-state index is 4.44. The summed E-state index contributed by atoms with van der Waals surface area (Å²) in [6.07, 6.45) is 7.43. The lowest BCUT2D eigenvalue weighted by Crippen LogP contribution is -2.44. The second kappa shape index (κ2) is 6.73. The number of rotatable bonds is 4. The molecule has 0 bridgehead atoms. The minimum absolute atomic E-state index is 0.221. The van der Waals surface area contributed by atoms with E-state index in [2.05, 4.69) is 46.6 Å². The van der Waals surface area contributed by atoms with E-state index >= 15 is 0 Å². The van der Waals surface area contributed by atoms with Gasteiger partial charge < -0.3 is 10.2 Å². The predicted octanol–water partition coefficient (Wildman–Crippen LogP) is 1.93. The van der Waals surface area contributed by atoms with Gasteiger partial charge in [0.25, 0.3) is 0 Å². The molecular weight excluding hydrogens is 282 g/mol. The van der Waals surface area contributed by atoms with Crippen molar-refractivity contribution in [3.05, 3.63) is 18.0 Å². The lowest BCUT2D eigenvalue weighted by atomic mass is 10.0. The van der Waals surface area contributed by atoms with Crippen molar-refractivity contribution in [1.29, 1.82) is 0 Å². The second-order valence-corrected chi connectivity index (χ2v) is 7.76. The van der Waals surface area contributed by atoms with Gasteiger partial charge in [0.05, 0.1) is 6.20 Å². The fourth-order valence-corrected chi connectivity index (χ4v) is 2.79. The molecule has 21 heavy (non-hydrogen) atoms. The Balaban J connectivity index is 1.92. The zero-order valence-electron chi connectivity index (χ0n) is 13.8. The Morgan fingerprint density at radius 3 is 2.90 bits per heavy atom. The zero-order valence-corrected chi connectivity index (χ0v) is 14.6. The molecule has 0 aromatic carbocycles. The van der Waals surface area contributed by atoms with Crippen molar-refractivity contribution in [3.8, 4) is 0 Å². The Kier molecular flexibility index (Phi) is 5.19. The normalized spacial score (nSPS) is 20.1. The molecule has 0 aliphatic carbocycles. The van der Waals surface area contributed by atoms with E-state index in [-0.39, 0.29) is 4.75 Å². The van der Waals surface area contributed by atoms with Crippen LogP contribution in [0.3, 0.4) is 0 Å². The van der Waals surface area contributed by atoms with Gasteiger partial charge in [0.2, 0.25) is 0 Å². The summed E-state index contributed by atoms with van der Waals surface area (Å²) in [5.41, 5.74) is 1.33. The molecule has 1 atom stereocenters. The maximum Gasteiger partial charge on any atom is 0.193 e. The van der Waals surface area contributed by atoms with Crippen molar-refractivity contribution in [2.24, 2.45) is 12.0 Å². The van der Waals surface area contributed by atoms with Gasteiger partial charge in [-0.3, -0.25) is 9.67 Å². The molecule has 5 nitrogen and oxygen atoms in total. The van der Waals surface area contributed by atoms with Crippen molar-refractivity contribution >= 4 is 17.7 Å². The number of aromatic nitrogens is 2. The first-order valence-corrected chi connectivity index (χ1v) is 8.67. The van der Waals surface area contributed by atoms with Crippen LogP contribution in [0.15, 0.2) is 17.4 Å². The molecule has 1 aliphatic rings. The Hall–Kier alpha value is -1.17. The Morgan fingerprint density at radius 1 is 1.57 bits per heavy atom. The number of hydrogen-bond acceptors (Lipinski definition) is 3. The summed E-state index contributed by atoms with van der Waals surface area (Å²) in [5, 5.41) is 7.79. The first-order chi connectivity index (χ1) is 9.95. The van der Waals surface area contributed by atoms with Crippen LogP contribution >= 0.6 is 11.8 Å². The topological polar surface area (TPSA) is 45.5 Å². The van der Waals surface area contributed by atoms with E-state index in [4.69, 9.17) is 0 Å². The molecule has 0 radical (unpaired) electrons. The highest BCUT2D eigenvalue weighted by Crippen LogP contribution is 2.27. The molecule has 0 saturated carbocycles. The third kappa shape index (κ3) is 4.15. The van der Waals surface area contributed by atoms with E-state index in [1.54, 1.807) is 0 Å². The van der Waals surface area contributed by atoms with E-state index in [1.165, 1.54) is 5.56 Å². The molecule has 1 aliphatic heterocycles. The second-order valence-electron chi connectivity index (χ2n) is 6.24. The molecule has 0 amide bonds. The number of thioether (sulfide) groups is 1. The molecule has 2 heterocycles. The highest BCUT2D eigenvalue weighted by atomic mass is 32.2. The average molecular weight is 309 g/mol. The monoisotopic (exact) mass is 309 g/mol. The van der Waals surface area contributed by atoms with Gasteiger partial charge in [0, 0.05) is 50.6 Å². The van der Waals surface area contributed by atoms with Crippen molar-refractivity contribution in [1.82, 2.24) is 20.0 Å². The summed E-state index contributed by atoms with van der Waals surface area (Å²) in [5.74, 6) is 1.58. The van der Waals surface area contributed by atoms with Crippen LogP contribution < -0.4 is 5.32 Å². The number of nitrogens with one attached hydrogen (secondary N) is 1. The summed E-state index contributed by atoms with van der Waals surface area (Å²) in [7, 11) is 3.84. The molecule has 118 valence electrons. The summed E-state index contributed by atoms with van der Waals surface area (Å²) >= 11 is 1.88. The van der Waals surface area contributed by atoms with Crippen LogP contribution in [0, 0.1) is 0 Å². The standard InChI is InChI=1S/C15H27N5S/c1-15(2,21-5)11-17-14(16-3)20-7-6-12(10-20)13-8-18-19(4)9-13/h8-9,12H,6-7,10-11H2,1-5H3,(H,16,17). The molecule has 1 unspecified atom stereocenters. The van der Waals surface area contributed by atoms with E-state index in [9.17, 15) is 0 Å². The number of nitrogens with zero attached hydrogens (tertiary/aromatic N) is 4. The summed E-state index contributed by atoms with van der Waals surface area (Å²) in [4.78, 5) is 6.80. The van der Waals surface area contributed by atoms with Crippen LogP contribution in [0.25, 0.3) is 0 Å². The first kappa shape index (κ1) is 16.2. The fourth-order valence-electron chi connectivity index (χ4n) is 2.57. The van der Waals surface area contributed by atoms with Gasteiger partial charge in [0.15, 0.2) is 5.96 Å². The van der Waals surface area contributed by atoms with Crippen LogP contribution in [0.5, 0.6) is 0 Å². The largest absolute Gasteiger partial charge is 0.355 e. The highest BCUT2D eigenvalue weighted by Gasteiger charge is 2.27. The van der Waals surface area contributed by atoms with Crippen molar-refractivity contribution < 1.29 is 0 Å². The van der Waals surface area contributed by atoms with Gasteiger partial charge in [0.1, 0.15) is 0 Å². The number of aryl methyl sites for hydroxylation is 1. The van der Waals surface area contributed by atoms with E-state index in [0.29, 0.717) is 5.92 Å². The minimum Gasteiger partial charge on any atom is -0.355 e. The van der Waals surface area contributed by atoms with Gasteiger partial charge in [-0.15, -0.1) is 0 Å². The molecule has 6 heteroatoms. The van der Waals surface area contributed by atoms with Crippen LogP contribution in [0.2, 0.25) is 0 Å². The third-order valence-electron chi connectivity index (χ3n) is 4.12. The Morgan fingerprint density at radius 2 is 2.33 bits per heavy atom. The van der Waals surface area contributed by atoms with E-state index in [0.717, 1.165) is 32.0 Å². The maximum absolute atomic E-state index is 4.44. The lowest BCUT2D eigenvalue weighted by molar-refractivity contribution is 0.480. The van der Waals surface area contributed by atoms with Gasteiger partial charge >= 0.3 is 0 Å². The molecular formula is C15H27N5S. The quantitative estimate of drug-likeness (QED) is 0.682. The molecule has 1 aromatic heterocycles. The SMILES string of the molecule is CN=C(NCC(C)(C)SC)N1CCC(c2cnn(C)c2)C1. The third-order valence-corrected chi connectivity index (χ3v) is 5.37. The van der Waals surface area contributed by atoms with Crippen LogP contribution in [-0.4, -0.2) is 58.3 Å².